The van der Waals surface area contributed by atoms with E-state index in [9.17, 15) is 4.79 Å². The molecule has 0 aliphatic carbocycles. The molecule has 78 valence electrons. The van der Waals surface area contributed by atoms with Crippen molar-refractivity contribution in [2.24, 2.45) is 0 Å². The number of carbonyl (C=O) groups excluding carboxylic acids is 1. The van der Waals surface area contributed by atoms with Crippen LogP contribution in [0.25, 0.3) is 0 Å². The molecule has 0 aliphatic heterocycles. The van der Waals surface area contributed by atoms with Crippen LogP contribution in [0.4, 0.5) is 0 Å². The third-order valence-electron chi connectivity index (χ3n) is 1.72. The summed E-state index contributed by atoms with van der Waals surface area (Å²) in [5.74, 6) is -0.381. The Morgan fingerprint density at radius 2 is 2.33 bits per heavy atom. The number of halogens is 1. The maximum atomic E-state index is 11.7. The number of carbonyl (C=O) groups is 1. The van der Waals surface area contributed by atoms with E-state index in [2.05, 4.69) is 10.3 Å². The van der Waals surface area contributed by atoms with Crippen molar-refractivity contribution < 1.29 is 4.79 Å². The average molecular weight is 224 g/mol. The molecule has 15 heavy (non-hydrogen) atoms. The third-order valence-corrected chi connectivity index (χ3v) is 2.02. The first-order valence-electron chi connectivity index (χ1n) is 4.29. The van der Waals surface area contributed by atoms with E-state index in [-0.39, 0.29) is 10.9 Å². The number of pyridine rings is 1. The van der Waals surface area contributed by atoms with E-state index in [1.54, 1.807) is 13.8 Å². The van der Waals surface area contributed by atoms with Gasteiger partial charge in [-0.15, -0.1) is 0 Å². The second-order valence-electron chi connectivity index (χ2n) is 3.55. The smallest absolute Gasteiger partial charge is 0.254 e. The number of nitrogens with zero attached hydrogens (tertiary/aromatic N) is 2. The quantitative estimate of drug-likeness (QED) is 0.831. The van der Waals surface area contributed by atoms with E-state index in [4.69, 9.17) is 16.9 Å². The first kappa shape index (κ1) is 11.5. The molecule has 1 N–H and O–H groups in total. The zero-order valence-electron chi connectivity index (χ0n) is 8.41. The number of aromatic nitrogens is 1. The van der Waals surface area contributed by atoms with Crippen LogP contribution < -0.4 is 5.32 Å². The van der Waals surface area contributed by atoms with E-state index in [0.717, 1.165) is 0 Å². The van der Waals surface area contributed by atoms with Gasteiger partial charge in [-0.2, -0.15) is 5.26 Å². The van der Waals surface area contributed by atoms with E-state index < -0.39 is 5.54 Å². The summed E-state index contributed by atoms with van der Waals surface area (Å²) in [6.07, 6.45) is 2.86. The number of hydrogen-bond acceptors (Lipinski definition) is 3. The lowest BCUT2D eigenvalue weighted by Crippen LogP contribution is -2.42. The lowest BCUT2D eigenvalue weighted by Gasteiger charge is -2.17. The highest BCUT2D eigenvalue weighted by Gasteiger charge is 2.21. The maximum absolute atomic E-state index is 11.7. The Hall–Kier alpha value is -1.60. The highest BCUT2D eigenvalue weighted by atomic mass is 35.5. The fourth-order valence-corrected chi connectivity index (χ4v) is 1.14. The van der Waals surface area contributed by atoms with E-state index in [1.165, 1.54) is 18.5 Å². The van der Waals surface area contributed by atoms with Gasteiger partial charge >= 0.3 is 0 Å². The SMILES string of the molecule is CC(C)(C#N)NC(=O)c1ccncc1Cl. The van der Waals surface area contributed by atoms with Crippen molar-refractivity contribution in [2.75, 3.05) is 0 Å². The van der Waals surface area contributed by atoms with Crippen LogP contribution in [0.3, 0.4) is 0 Å². The van der Waals surface area contributed by atoms with Crippen molar-refractivity contribution in [1.82, 2.24) is 10.3 Å². The normalized spacial score (nSPS) is 10.5. The topological polar surface area (TPSA) is 65.8 Å². The molecule has 0 atom stereocenters. The molecule has 0 bridgehead atoms. The second kappa shape index (κ2) is 4.28. The zero-order valence-corrected chi connectivity index (χ0v) is 9.17. The van der Waals surface area contributed by atoms with Gasteiger partial charge < -0.3 is 5.32 Å². The highest BCUT2D eigenvalue weighted by Crippen LogP contribution is 2.14. The van der Waals surface area contributed by atoms with E-state index in [1.807, 2.05) is 6.07 Å². The van der Waals surface area contributed by atoms with Crippen molar-refractivity contribution in [2.45, 2.75) is 19.4 Å². The van der Waals surface area contributed by atoms with Gasteiger partial charge in [0.1, 0.15) is 5.54 Å². The summed E-state index contributed by atoms with van der Waals surface area (Å²) in [4.78, 5) is 15.4. The van der Waals surface area contributed by atoms with Crippen molar-refractivity contribution in [3.63, 3.8) is 0 Å². The number of amides is 1. The van der Waals surface area contributed by atoms with Crippen molar-refractivity contribution in [3.05, 3.63) is 29.0 Å². The molecule has 0 radical (unpaired) electrons. The molecule has 0 spiro atoms. The Balaban J connectivity index is 2.89. The summed E-state index contributed by atoms with van der Waals surface area (Å²) in [7, 11) is 0. The van der Waals surface area contributed by atoms with E-state index in [0.29, 0.717) is 5.56 Å². The highest BCUT2D eigenvalue weighted by molar-refractivity contribution is 6.33. The van der Waals surface area contributed by atoms with Gasteiger partial charge in [0.2, 0.25) is 0 Å². The third kappa shape index (κ3) is 2.93. The van der Waals surface area contributed by atoms with Crippen molar-refractivity contribution in [1.29, 1.82) is 5.26 Å². The predicted molar refractivity (Wildman–Crippen MR) is 56.4 cm³/mol. The minimum atomic E-state index is -0.913. The number of hydrogen-bond donors (Lipinski definition) is 1. The number of rotatable bonds is 2. The Labute approximate surface area is 92.9 Å². The minimum absolute atomic E-state index is 0.267. The number of nitrogens with one attached hydrogen (secondary N) is 1. The molecule has 1 heterocycles. The first-order valence-corrected chi connectivity index (χ1v) is 4.67. The van der Waals surface area contributed by atoms with Crippen molar-refractivity contribution >= 4 is 17.5 Å². The van der Waals surface area contributed by atoms with Crippen LogP contribution in [0.1, 0.15) is 24.2 Å². The molecule has 0 saturated heterocycles. The molecule has 5 heteroatoms. The zero-order chi connectivity index (χ0) is 11.5. The minimum Gasteiger partial charge on any atom is -0.334 e. The first-order chi connectivity index (χ1) is 6.96. The fourth-order valence-electron chi connectivity index (χ4n) is 0.938. The molecule has 1 amide bonds. The lowest BCUT2D eigenvalue weighted by atomic mass is 10.1. The molecule has 0 saturated carbocycles. The van der Waals surface area contributed by atoms with Crippen LogP contribution in [0.2, 0.25) is 5.02 Å². The van der Waals surface area contributed by atoms with Crippen LogP contribution in [0, 0.1) is 11.3 Å². The molecule has 1 aromatic heterocycles. The molecular formula is C10H10ClN3O. The Kier molecular flexibility index (Phi) is 3.28. The average Bonchev–Trinajstić information content (AvgIpc) is 2.17. The van der Waals surface area contributed by atoms with Gasteiger partial charge in [-0.1, -0.05) is 11.6 Å². The number of nitriles is 1. The van der Waals surface area contributed by atoms with Crippen LogP contribution in [-0.2, 0) is 0 Å². The molecule has 4 nitrogen and oxygen atoms in total. The summed E-state index contributed by atoms with van der Waals surface area (Å²) in [6, 6.07) is 3.48. The van der Waals surface area contributed by atoms with Gasteiger partial charge in [-0.3, -0.25) is 9.78 Å². The second-order valence-corrected chi connectivity index (χ2v) is 3.95. The van der Waals surface area contributed by atoms with Gasteiger partial charge in [0.15, 0.2) is 0 Å². The summed E-state index contributed by atoms with van der Waals surface area (Å²) >= 11 is 5.78. The molecule has 1 aromatic rings. The summed E-state index contributed by atoms with van der Waals surface area (Å²) in [5.41, 5.74) is -0.598. The maximum Gasteiger partial charge on any atom is 0.254 e. The molecule has 1 rings (SSSR count). The summed E-state index contributed by atoms with van der Waals surface area (Å²) in [6.45, 7) is 3.22. The van der Waals surface area contributed by atoms with Crippen LogP contribution >= 0.6 is 11.6 Å². The molecule has 0 fully saturated rings. The Bertz CT molecular complexity index is 423. The molecular weight excluding hydrogens is 214 g/mol. The van der Waals surface area contributed by atoms with Gasteiger partial charge in [0.25, 0.3) is 5.91 Å². The Morgan fingerprint density at radius 1 is 1.67 bits per heavy atom. The van der Waals surface area contributed by atoms with Crippen molar-refractivity contribution in [3.8, 4) is 6.07 Å². The predicted octanol–water partition coefficient (Wildman–Crippen LogP) is 1.77. The van der Waals surface area contributed by atoms with Gasteiger partial charge in [0, 0.05) is 12.4 Å². The summed E-state index contributed by atoms with van der Waals surface area (Å²) in [5, 5.41) is 11.6. The van der Waals surface area contributed by atoms with Crippen LogP contribution in [0.5, 0.6) is 0 Å². The standard InChI is InChI=1S/C10H10ClN3O/c1-10(2,6-12)14-9(15)7-3-4-13-5-8(7)11/h3-5H,1-2H3,(H,14,15). The van der Waals surface area contributed by atoms with Gasteiger partial charge in [-0.25, -0.2) is 0 Å². The Morgan fingerprint density at radius 3 is 2.87 bits per heavy atom. The monoisotopic (exact) mass is 223 g/mol. The van der Waals surface area contributed by atoms with Crippen LogP contribution in [0.15, 0.2) is 18.5 Å². The molecule has 0 aromatic carbocycles. The van der Waals surface area contributed by atoms with E-state index >= 15 is 0 Å². The molecule has 0 unspecified atom stereocenters. The molecule has 0 aliphatic rings. The van der Waals surface area contributed by atoms with Gasteiger partial charge in [-0.05, 0) is 19.9 Å². The largest absolute Gasteiger partial charge is 0.334 e. The summed E-state index contributed by atoms with van der Waals surface area (Å²) < 4.78 is 0. The lowest BCUT2D eigenvalue weighted by molar-refractivity contribution is 0.0929. The van der Waals surface area contributed by atoms with Gasteiger partial charge in [0.05, 0.1) is 16.7 Å². The fraction of sp³-hybridized carbons (Fsp3) is 0.300. The van der Waals surface area contributed by atoms with Crippen LogP contribution in [-0.4, -0.2) is 16.4 Å².